The van der Waals surface area contributed by atoms with Crippen molar-refractivity contribution in [2.45, 2.75) is 18.7 Å². The second-order valence-electron chi connectivity index (χ2n) is 5.25. The van der Waals surface area contributed by atoms with Gasteiger partial charge in [0.2, 0.25) is 5.88 Å². The number of thiol groups is 1. The second kappa shape index (κ2) is 8.30. The van der Waals surface area contributed by atoms with Crippen molar-refractivity contribution in [1.29, 1.82) is 5.26 Å². The summed E-state index contributed by atoms with van der Waals surface area (Å²) in [7, 11) is -1.56. The molecule has 0 atom stereocenters. The lowest BCUT2D eigenvalue weighted by Gasteiger charge is -2.16. The van der Waals surface area contributed by atoms with Gasteiger partial charge in [0, 0.05) is 13.5 Å². The monoisotopic (exact) mass is 363 g/mol. The first-order chi connectivity index (χ1) is 12.0. The molecule has 1 aromatic heterocycles. The van der Waals surface area contributed by atoms with Gasteiger partial charge in [0.05, 0.1) is 18.1 Å². The summed E-state index contributed by atoms with van der Waals surface area (Å²) in [4.78, 5) is 25.0. The third-order valence-corrected chi connectivity index (χ3v) is 4.03. The van der Waals surface area contributed by atoms with Crippen molar-refractivity contribution in [3.8, 4) is 11.9 Å². The molecule has 2 aromatic rings. The highest BCUT2D eigenvalue weighted by Crippen LogP contribution is 2.16. The lowest BCUT2D eigenvalue weighted by molar-refractivity contribution is 0.290. The van der Waals surface area contributed by atoms with Crippen LogP contribution >= 0.6 is 0 Å². The molecule has 0 fully saturated rings. The SMILES string of the molecule is Cn1c(OCCC#N)c(Cc2ccccc2)c(=O)n(C[SH](=O)=O)c1=O. The van der Waals surface area contributed by atoms with E-state index in [1.807, 2.05) is 24.3 Å². The van der Waals surface area contributed by atoms with Gasteiger partial charge >= 0.3 is 5.69 Å². The van der Waals surface area contributed by atoms with Gasteiger partial charge in [-0.25, -0.2) is 17.8 Å². The summed E-state index contributed by atoms with van der Waals surface area (Å²) in [5, 5.41) is 8.64. The summed E-state index contributed by atoms with van der Waals surface area (Å²) >= 11 is 0. The Hall–Kier alpha value is -2.86. The maximum Gasteiger partial charge on any atom is 0.334 e. The van der Waals surface area contributed by atoms with E-state index in [-0.39, 0.29) is 30.9 Å². The van der Waals surface area contributed by atoms with Crippen LogP contribution in [-0.2, 0) is 30.0 Å². The maximum atomic E-state index is 12.7. The molecule has 25 heavy (non-hydrogen) atoms. The first-order valence-electron chi connectivity index (χ1n) is 7.44. The number of nitrogens with zero attached hydrogens (tertiary/aromatic N) is 3. The molecule has 0 unspecified atom stereocenters. The fraction of sp³-hybridized carbons (Fsp3) is 0.312. The van der Waals surface area contributed by atoms with Gasteiger partial charge in [0.25, 0.3) is 5.56 Å². The van der Waals surface area contributed by atoms with E-state index in [1.54, 1.807) is 12.1 Å². The molecule has 0 radical (unpaired) electrons. The molecule has 2 rings (SSSR count). The summed E-state index contributed by atoms with van der Waals surface area (Å²) in [6.45, 7) is 0.0187. The first kappa shape index (κ1) is 18.5. The van der Waals surface area contributed by atoms with Gasteiger partial charge in [-0.2, -0.15) is 5.26 Å². The van der Waals surface area contributed by atoms with E-state index in [1.165, 1.54) is 7.05 Å². The van der Waals surface area contributed by atoms with Gasteiger partial charge in [0.15, 0.2) is 10.7 Å². The molecule has 1 aromatic carbocycles. The van der Waals surface area contributed by atoms with Gasteiger partial charge in [-0.15, -0.1) is 0 Å². The Kier molecular flexibility index (Phi) is 6.14. The molecule has 0 bridgehead atoms. The zero-order chi connectivity index (χ0) is 18.4. The molecule has 0 saturated carbocycles. The van der Waals surface area contributed by atoms with E-state index >= 15 is 0 Å². The van der Waals surface area contributed by atoms with Crippen molar-refractivity contribution in [3.63, 3.8) is 0 Å². The Balaban J connectivity index is 2.62. The minimum Gasteiger partial charge on any atom is -0.477 e. The maximum absolute atomic E-state index is 12.7. The third-order valence-electron chi connectivity index (χ3n) is 3.52. The van der Waals surface area contributed by atoms with Crippen molar-refractivity contribution in [2.24, 2.45) is 7.05 Å². The average Bonchev–Trinajstić information content (AvgIpc) is 2.60. The lowest BCUT2D eigenvalue weighted by atomic mass is 10.1. The second-order valence-corrected chi connectivity index (χ2v) is 6.20. The summed E-state index contributed by atoms with van der Waals surface area (Å²) in [5.41, 5.74) is -0.518. The molecule has 0 spiro atoms. The number of nitriles is 1. The van der Waals surface area contributed by atoms with Gasteiger partial charge in [-0.05, 0) is 5.56 Å². The molecule has 0 aliphatic rings. The molecule has 132 valence electrons. The molecule has 0 saturated heterocycles. The predicted octanol–water partition coefficient (Wildman–Crippen LogP) is -0.000820. The van der Waals surface area contributed by atoms with Crippen LogP contribution in [0.25, 0.3) is 0 Å². The summed E-state index contributed by atoms with van der Waals surface area (Å²) in [5.74, 6) is -0.646. The van der Waals surface area contributed by atoms with E-state index < -0.39 is 27.8 Å². The highest BCUT2D eigenvalue weighted by Gasteiger charge is 2.19. The number of hydrogen-bond acceptors (Lipinski definition) is 6. The van der Waals surface area contributed by atoms with Crippen LogP contribution in [0, 0.1) is 11.3 Å². The molecule has 0 aliphatic carbocycles. The highest BCUT2D eigenvalue weighted by molar-refractivity contribution is 7.71. The molecule has 0 N–H and O–H groups in total. The molecular weight excluding hydrogens is 346 g/mol. The van der Waals surface area contributed by atoms with Crippen molar-refractivity contribution >= 4 is 10.7 Å². The zero-order valence-corrected chi connectivity index (χ0v) is 14.4. The van der Waals surface area contributed by atoms with Crippen molar-refractivity contribution in [3.05, 3.63) is 62.3 Å². The fourth-order valence-corrected chi connectivity index (χ4v) is 2.86. The Morgan fingerprint density at radius 1 is 1.20 bits per heavy atom. The van der Waals surface area contributed by atoms with E-state index in [0.29, 0.717) is 4.57 Å². The van der Waals surface area contributed by atoms with Crippen LogP contribution in [0.2, 0.25) is 0 Å². The summed E-state index contributed by atoms with van der Waals surface area (Å²) < 4.78 is 29.3. The zero-order valence-electron chi connectivity index (χ0n) is 13.5. The summed E-state index contributed by atoms with van der Waals surface area (Å²) in [6, 6.07) is 11.0. The normalized spacial score (nSPS) is 10.6. The highest BCUT2D eigenvalue weighted by atomic mass is 32.2. The van der Waals surface area contributed by atoms with Crippen molar-refractivity contribution in [1.82, 2.24) is 9.13 Å². The fourth-order valence-electron chi connectivity index (χ4n) is 2.38. The smallest absolute Gasteiger partial charge is 0.334 e. The predicted molar refractivity (Wildman–Crippen MR) is 91.2 cm³/mol. The Morgan fingerprint density at radius 3 is 2.48 bits per heavy atom. The third kappa shape index (κ3) is 4.36. The lowest BCUT2D eigenvalue weighted by Crippen LogP contribution is -2.42. The molecule has 9 heteroatoms. The van der Waals surface area contributed by atoms with Crippen LogP contribution in [0.4, 0.5) is 0 Å². The van der Waals surface area contributed by atoms with Crippen LogP contribution in [0.3, 0.4) is 0 Å². The largest absolute Gasteiger partial charge is 0.477 e. The van der Waals surface area contributed by atoms with Gasteiger partial charge in [0.1, 0.15) is 12.5 Å². The molecule has 0 aliphatic heterocycles. The Labute approximate surface area is 145 Å². The number of ether oxygens (including phenoxy) is 1. The number of hydrogen-bond donors (Lipinski definition) is 1. The Morgan fingerprint density at radius 2 is 1.88 bits per heavy atom. The van der Waals surface area contributed by atoms with Gasteiger partial charge in [-0.1, -0.05) is 30.3 Å². The number of benzene rings is 1. The molecule has 1 heterocycles. The number of aromatic nitrogens is 2. The van der Waals surface area contributed by atoms with Crippen molar-refractivity contribution < 1.29 is 13.2 Å². The minimum absolute atomic E-state index is 0.0187. The van der Waals surface area contributed by atoms with E-state index in [9.17, 15) is 18.0 Å². The van der Waals surface area contributed by atoms with Gasteiger partial charge in [-0.3, -0.25) is 9.36 Å². The molecule has 8 nitrogen and oxygen atoms in total. The molecule has 0 amide bonds. The van der Waals surface area contributed by atoms with Crippen LogP contribution in [0.15, 0.2) is 39.9 Å². The topological polar surface area (TPSA) is 111 Å². The summed E-state index contributed by atoms with van der Waals surface area (Å²) in [6.07, 6.45) is 0.264. The average molecular weight is 363 g/mol. The Bertz CT molecular complexity index is 976. The van der Waals surface area contributed by atoms with Crippen molar-refractivity contribution in [2.75, 3.05) is 6.61 Å². The van der Waals surface area contributed by atoms with E-state index in [2.05, 4.69) is 0 Å². The minimum atomic E-state index is -2.95. The standard InChI is InChI=1S/C16H17N3O5S/c1-18-15(24-9-5-8-17)13(10-12-6-3-2-4-7-12)14(20)19(16(18)21)11-25(22)23/h2-4,6-7,25H,5,9-11H2,1H3. The number of rotatable bonds is 7. The van der Waals surface area contributed by atoms with Crippen LogP contribution in [0.5, 0.6) is 5.88 Å². The first-order valence-corrected chi connectivity index (χ1v) is 8.80. The van der Waals surface area contributed by atoms with E-state index in [4.69, 9.17) is 10.00 Å². The van der Waals surface area contributed by atoms with E-state index in [0.717, 1.165) is 10.1 Å². The van der Waals surface area contributed by atoms with Crippen LogP contribution < -0.4 is 16.0 Å². The van der Waals surface area contributed by atoms with Crippen LogP contribution in [0.1, 0.15) is 17.5 Å². The molecular formula is C16H17N3O5S. The van der Waals surface area contributed by atoms with Gasteiger partial charge < -0.3 is 4.74 Å². The van der Waals surface area contributed by atoms with Crippen LogP contribution in [-0.4, -0.2) is 24.2 Å². The quantitative estimate of drug-likeness (QED) is 0.547.